The van der Waals surface area contributed by atoms with E-state index in [2.05, 4.69) is 20.5 Å². The number of nitrogens with zero attached hydrogens (tertiary/aromatic N) is 6. The molecule has 3 atom stereocenters. The molecule has 4 aromatic rings. The molecular weight excluding hydrogens is 577 g/mol. The summed E-state index contributed by atoms with van der Waals surface area (Å²) in [6.07, 6.45) is -2.73. The summed E-state index contributed by atoms with van der Waals surface area (Å²) in [6.45, 7) is -1.35. The fraction of sp³-hybridized carbons (Fsp3) is 0.370. The van der Waals surface area contributed by atoms with Gasteiger partial charge in [-0.05, 0) is 49.2 Å². The van der Waals surface area contributed by atoms with Crippen LogP contribution in [0.4, 0.5) is 13.2 Å². The minimum absolute atomic E-state index is 0.0951. The summed E-state index contributed by atoms with van der Waals surface area (Å²) in [5.41, 5.74) is 6.40. The van der Waals surface area contributed by atoms with Gasteiger partial charge < -0.3 is 16.2 Å². The number of aliphatic hydroxyl groups excluding tert-OH is 1. The van der Waals surface area contributed by atoms with Crippen molar-refractivity contribution in [3.05, 3.63) is 81.8 Å². The van der Waals surface area contributed by atoms with Gasteiger partial charge in [0.25, 0.3) is 5.91 Å². The average Bonchev–Trinajstić information content (AvgIpc) is 3.55. The van der Waals surface area contributed by atoms with Crippen molar-refractivity contribution >= 4 is 17.5 Å². The highest BCUT2D eigenvalue weighted by atomic mass is 35.5. The van der Waals surface area contributed by atoms with Gasteiger partial charge in [-0.15, -0.1) is 10.2 Å². The van der Waals surface area contributed by atoms with E-state index in [1.165, 1.54) is 35.3 Å². The van der Waals surface area contributed by atoms with Gasteiger partial charge in [-0.3, -0.25) is 9.36 Å². The predicted molar refractivity (Wildman–Crippen MR) is 147 cm³/mol. The van der Waals surface area contributed by atoms with Crippen molar-refractivity contribution in [2.45, 2.75) is 63.1 Å². The lowest BCUT2D eigenvalue weighted by Gasteiger charge is -2.29. The Morgan fingerprint density at radius 2 is 1.83 bits per heavy atom. The number of hydrogen-bond donors (Lipinski definition) is 3. The van der Waals surface area contributed by atoms with E-state index in [1.807, 2.05) is 0 Å². The number of amides is 1. The molecule has 1 aliphatic rings. The number of rotatable bonds is 8. The Bertz CT molecular complexity index is 1620. The number of nitrogens with two attached hydrogens (primary N) is 1. The fourth-order valence-electron chi connectivity index (χ4n) is 4.87. The summed E-state index contributed by atoms with van der Waals surface area (Å²) < 4.78 is 42.5. The zero-order chi connectivity index (χ0) is 30.0. The highest BCUT2D eigenvalue weighted by Gasteiger charge is 2.39. The van der Waals surface area contributed by atoms with Gasteiger partial charge >= 0.3 is 11.9 Å². The van der Waals surface area contributed by atoms with E-state index in [0.717, 1.165) is 34.9 Å². The molecule has 1 amide bonds. The van der Waals surface area contributed by atoms with Gasteiger partial charge in [0, 0.05) is 22.7 Å². The van der Waals surface area contributed by atoms with Crippen LogP contribution < -0.4 is 16.7 Å². The van der Waals surface area contributed by atoms with E-state index in [4.69, 9.17) is 17.3 Å². The van der Waals surface area contributed by atoms with Crippen molar-refractivity contribution in [3.63, 3.8) is 0 Å². The van der Waals surface area contributed by atoms with Crippen LogP contribution in [0, 0.1) is 0 Å². The topological polar surface area (TPSA) is 146 Å². The second kappa shape index (κ2) is 12.1. The highest BCUT2D eigenvalue weighted by molar-refractivity contribution is 6.30. The maximum Gasteiger partial charge on any atom is 0.416 e. The molecule has 2 heterocycles. The van der Waals surface area contributed by atoms with Crippen molar-refractivity contribution in [1.29, 1.82) is 0 Å². The van der Waals surface area contributed by atoms with Gasteiger partial charge in [-0.2, -0.15) is 13.2 Å². The maximum atomic E-state index is 13.2. The molecule has 0 radical (unpaired) electrons. The van der Waals surface area contributed by atoms with Gasteiger partial charge in [0.2, 0.25) is 0 Å². The van der Waals surface area contributed by atoms with Gasteiger partial charge in [-0.25, -0.2) is 19.1 Å². The molecule has 2 aromatic heterocycles. The number of halogens is 4. The number of para-hydroxylation sites is 1. The lowest BCUT2D eigenvalue weighted by molar-refractivity contribution is -0.207. The molecule has 1 unspecified atom stereocenters. The molecule has 11 nitrogen and oxygen atoms in total. The number of hydrogen-bond acceptors (Lipinski definition) is 7. The monoisotopic (exact) mass is 604 g/mol. The summed E-state index contributed by atoms with van der Waals surface area (Å²) in [7, 11) is 0. The lowest BCUT2D eigenvalue weighted by Crippen LogP contribution is -2.49. The van der Waals surface area contributed by atoms with Gasteiger partial charge in [0.05, 0.1) is 17.8 Å². The molecule has 15 heteroatoms. The predicted octanol–water partition coefficient (Wildman–Crippen LogP) is 2.92. The highest BCUT2D eigenvalue weighted by Crippen LogP contribution is 2.24. The number of aromatic nitrogens is 6. The van der Waals surface area contributed by atoms with Crippen molar-refractivity contribution < 1.29 is 23.1 Å². The summed E-state index contributed by atoms with van der Waals surface area (Å²) in [4.78, 5) is 30.5. The molecule has 0 saturated heterocycles. The van der Waals surface area contributed by atoms with Crippen LogP contribution in [0.25, 0.3) is 17.1 Å². The quantitative estimate of drug-likeness (QED) is 0.280. The van der Waals surface area contributed by atoms with Crippen LogP contribution in [0.5, 0.6) is 0 Å². The Labute approximate surface area is 242 Å². The number of carbonyl (C=O) groups is 1. The molecule has 1 aliphatic carbocycles. The van der Waals surface area contributed by atoms with Crippen molar-refractivity contribution in [3.8, 4) is 17.1 Å². The molecule has 0 spiro atoms. The minimum Gasteiger partial charge on any atom is -0.382 e. The molecule has 1 saturated carbocycles. The molecule has 4 N–H and O–H groups in total. The normalized spacial score (nSPS) is 18.1. The zero-order valence-corrected chi connectivity index (χ0v) is 23.0. The summed E-state index contributed by atoms with van der Waals surface area (Å²) in [5, 5.41) is 21.7. The maximum absolute atomic E-state index is 13.2. The Hall–Kier alpha value is -4.01. The molecule has 1 fully saturated rings. The molecule has 2 aromatic carbocycles. The van der Waals surface area contributed by atoms with Crippen LogP contribution in [-0.4, -0.2) is 64.5 Å². The third kappa shape index (κ3) is 6.40. The largest absolute Gasteiger partial charge is 0.416 e. The zero-order valence-electron chi connectivity index (χ0n) is 22.2. The van der Waals surface area contributed by atoms with E-state index < -0.39 is 24.5 Å². The second-order valence-corrected chi connectivity index (χ2v) is 10.5. The average molecular weight is 605 g/mol. The number of alkyl halides is 3. The fourth-order valence-corrected chi connectivity index (χ4v) is 4.99. The van der Waals surface area contributed by atoms with Crippen molar-refractivity contribution in [2.75, 3.05) is 0 Å². The van der Waals surface area contributed by atoms with Crippen molar-refractivity contribution in [2.24, 2.45) is 5.73 Å². The lowest BCUT2D eigenvalue weighted by atomic mass is 9.91. The first-order valence-electron chi connectivity index (χ1n) is 13.3. The number of carbonyl (C=O) groups excluding carboxylic acids is 1. The first kappa shape index (κ1) is 29.5. The van der Waals surface area contributed by atoms with Crippen molar-refractivity contribution in [1.82, 2.24) is 34.4 Å². The number of nitrogens with one attached hydrogen (secondary N) is 1. The smallest absolute Gasteiger partial charge is 0.382 e. The first-order chi connectivity index (χ1) is 20.0. The van der Waals surface area contributed by atoms with Crippen LogP contribution in [-0.2, 0) is 13.1 Å². The van der Waals surface area contributed by atoms with Crippen LogP contribution in [0.2, 0.25) is 5.02 Å². The SMILES string of the molecule is N[C@@H]1CCCC[C@@H]1NC(=O)c1ccccc1-n1cnc(Cn2nc(-c3ccc(Cl)cc3)n(CC(O)C(F)(F)F)c2=O)n1. The second-order valence-electron chi connectivity index (χ2n) is 10.1. The molecule has 5 rings (SSSR count). The Balaban J connectivity index is 1.42. The van der Waals surface area contributed by atoms with Crippen LogP contribution >= 0.6 is 11.6 Å². The van der Waals surface area contributed by atoms with E-state index in [0.29, 0.717) is 21.8 Å². The van der Waals surface area contributed by atoms with E-state index >= 15 is 0 Å². The molecule has 42 heavy (non-hydrogen) atoms. The number of aliphatic hydroxyl groups is 1. The Morgan fingerprint density at radius 3 is 2.55 bits per heavy atom. The Morgan fingerprint density at radius 1 is 1.12 bits per heavy atom. The van der Waals surface area contributed by atoms with E-state index in [9.17, 15) is 27.9 Å². The molecule has 222 valence electrons. The Kier molecular flexibility index (Phi) is 8.48. The summed E-state index contributed by atoms with van der Waals surface area (Å²) in [5.74, 6) is -0.289. The first-order valence-corrected chi connectivity index (χ1v) is 13.6. The summed E-state index contributed by atoms with van der Waals surface area (Å²) in [6, 6.07) is 12.5. The van der Waals surface area contributed by atoms with Crippen LogP contribution in [0.15, 0.2) is 59.7 Å². The summed E-state index contributed by atoms with van der Waals surface area (Å²) >= 11 is 5.93. The molecule has 0 bridgehead atoms. The van der Waals surface area contributed by atoms with E-state index in [1.54, 1.807) is 24.3 Å². The number of benzene rings is 2. The standard InChI is InChI=1S/C27H28ClF3N8O3/c28-17-11-9-16(10-12-17)24-36-38(26(42)37(24)13-22(40)27(29,30)31)14-23-33-15-39(35-23)21-8-4-1-5-18(21)25(41)34-20-7-3-2-6-19(20)32/h1,4-5,8-12,15,19-20,22,40H,2-3,6-7,13-14,32H2,(H,34,41)/t19-,20+,22?/m1/s1. The van der Waals surface area contributed by atoms with Crippen LogP contribution in [0.1, 0.15) is 41.9 Å². The molecular formula is C27H28ClF3N8O3. The molecule has 0 aliphatic heterocycles. The minimum atomic E-state index is -4.94. The van der Waals surface area contributed by atoms with Gasteiger partial charge in [-0.1, -0.05) is 36.6 Å². The third-order valence-corrected chi connectivity index (χ3v) is 7.37. The van der Waals surface area contributed by atoms with E-state index in [-0.39, 0.29) is 36.2 Å². The van der Waals surface area contributed by atoms with Gasteiger partial charge in [0.15, 0.2) is 17.8 Å². The third-order valence-electron chi connectivity index (χ3n) is 7.12. The van der Waals surface area contributed by atoms with Crippen LogP contribution in [0.3, 0.4) is 0 Å². The van der Waals surface area contributed by atoms with Gasteiger partial charge in [0.1, 0.15) is 12.9 Å².